The molecule has 3 rings (SSSR count). The number of phenolic OH excluding ortho intramolecular Hbond substituents is 2. The third-order valence-electron chi connectivity index (χ3n) is 3.49. The van der Waals surface area contributed by atoms with Crippen LogP contribution >= 0.6 is 23.2 Å². The highest BCUT2D eigenvalue weighted by Crippen LogP contribution is 2.36. The molecular weight excluding hydrogens is 365 g/mol. The first-order valence-electron chi connectivity index (χ1n) is 7.14. The molecule has 0 bridgehead atoms. The van der Waals surface area contributed by atoms with E-state index in [-0.39, 0.29) is 22.0 Å². The van der Waals surface area contributed by atoms with Crippen molar-refractivity contribution in [3.05, 3.63) is 52.0 Å². The second-order valence-electron chi connectivity index (χ2n) is 5.05. The van der Waals surface area contributed by atoms with E-state index in [1.54, 1.807) is 30.3 Å². The number of aromatic nitrogens is 1. The highest BCUT2D eigenvalue weighted by Gasteiger charge is 2.11. The molecule has 1 heterocycles. The Labute approximate surface area is 153 Å². The van der Waals surface area contributed by atoms with Gasteiger partial charge in [0.25, 0.3) is 0 Å². The van der Waals surface area contributed by atoms with Crippen LogP contribution in [0.4, 0.5) is 5.82 Å². The van der Waals surface area contributed by atoms with Crippen LogP contribution in [0.25, 0.3) is 10.9 Å². The van der Waals surface area contributed by atoms with E-state index in [9.17, 15) is 10.2 Å². The Balaban J connectivity index is 1.88. The number of hydrogen-bond acceptors (Lipinski definition) is 6. The monoisotopic (exact) mass is 377 g/mol. The van der Waals surface area contributed by atoms with E-state index < -0.39 is 0 Å². The summed E-state index contributed by atoms with van der Waals surface area (Å²) in [4.78, 5) is 4.25. The van der Waals surface area contributed by atoms with E-state index in [0.717, 1.165) is 0 Å². The zero-order valence-electron chi connectivity index (χ0n) is 13.0. The molecule has 0 unspecified atom stereocenters. The van der Waals surface area contributed by atoms with Gasteiger partial charge < -0.3 is 14.9 Å². The van der Waals surface area contributed by atoms with Crippen LogP contribution in [-0.4, -0.2) is 28.5 Å². The third-order valence-corrected chi connectivity index (χ3v) is 4.09. The summed E-state index contributed by atoms with van der Waals surface area (Å²) >= 11 is 12.0. The van der Waals surface area contributed by atoms with Gasteiger partial charge in [-0.3, -0.25) is 5.43 Å². The number of nitrogens with zero attached hydrogens (tertiary/aromatic N) is 2. The second-order valence-corrected chi connectivity index (χ2v) is 5.86. The van der Waals surface area contributed by atoms with Gasteiger partial charge in [0.15, 0.2) is 17.2 Å². The predicted molar refractivity (Wildman–Crippen MR) is 99.3 cm³/mol. The van der Waals surface area contributed by atoms with E-state index in [1.165, 1.54) is 19.4 Å². The number of benzene rings is 2. The molecule has 2 aromatic carbocycles. The average molecular weight is 378 g/mol. The smallest absolute Gasteiger partial charge is 0.166 e. The number of para-hydroxylation sites is 1. The van der Waals surface area contributed by atoms with Crippen LogP contribution in [0.5, 0.6) is 17.2 Å². The fourth-order valence-electron chi connectivity index (χ4n) is 2.24. The molecule has 8 heteroatoms. The first-order chi connectivity index (χ1) is 12.0. The number of aromatic hydroxyl groups is 2. The number of methoxy groups -OCH3 is 1. The molecule has 0 atom stereocenters. The Morgan fingerprint density at radius 2 is 1.92 bits per heavy atom. The van der Waals surface area contributed by atoms with Crippen LogP contribution in [0, 0.1) is 0 Å². The van der Waals surface area contributed by atoms with Crippen LogP contribution in [-0.2, 0) is 0 Å². The Morgan fingerprint density at radius 3 is 2.68 bits per heavy atom. The molecule has 0 fully saturated rings. The Bertz CT molecular complexity index is 977. The van der Waals surface area contributed by atoms with Crippen molar-refractivity contribution in [2.24, 2.45) is 5.10 Å². The molecule has 0 saturated carbocycles. The van der Waals surface area contributed by atoms with E-state index in [4.69, 9.17) is 27.9 Å². The van der Waals surface area contributed by atoms with Crippen LogP contribution in [0.3, 0.4) is 0 Å². The molecule has 0 radical (unpaired) electrons. The highest BCUT2D eigenvalue weighted by molar-refractivity contribution is 6.39. The molecule has 0 aliphatic heterocycles. The Hall–Kier alpha value is -2.70. The number of anilines is 1. The maximum Gasteiger partial charge on any atom is 0.166 e. The van der Waals surface area contributed by atoms with Gasteiger partial charge in [-0.2, -0.15) is 5.10 Å². The number of pyridine rings is 1. The van der Waals surface area contributed by atoms with E-state index in [2.05, 4.69) is 15.5 Å². The van der Waals surface area contributed by atoms with Crippen LogP contribution in [0.15, 0.2) is 41.5 Å². The summed E-state index contributed by atoms with van der Waals surface area (Å²) in [5, 5.41) is 25.2. The number of nitrogens with one attached hydrogen (secondary N) is 1. The summed E-state index contributed by atoms with van der Waals surface area (Å²) in [6, 6.07) is 9.87. The number of fused-ring (bicyclic) bond motifs is 1. The topological polar surface area (TPSA) is 87.0 Å². The molecule has 0 aliphatic carbocycles. The van der Waals surface area contributed by atoms with Gasteiger partial charge in [0.1, 0.15) is 11.3 Å². The minimum atomic E-state index is -0.154. The summed E-state index contributed by atoms with van der Waals surface area (Å²) in [6.45, 7) is 0. The number of ether oxygens (including phenoxy) is 1. The largest absolute Gasteiger partial charge is 0.504 e. The molecule has 0 saturated heterocycles. The van der Waals surface area contributed by atoms with Gasteiger partial charge in [0, 0.05) is 10.9 Å². The molecule has 0 spiro atoms. The van der Waals surface area contributed by atoms with Crippen LogP contribution in [0.1, 0.15) is 5.56 Å². The van der Waals surface area contributed by atoms with E-state index >= 15 is 0 Å². The highest BCUT2D eigenvalue weighted by atomic mass is 35.5. The molecule has 1 aromatic heterocycles. The molecule has 3 N–H and O–H groups in total. The SMILES string of the molecule is COc1cccc(/C=N/Nc2ccc3c(Cl)cc(Cl)c(O)c3n2)c1O. The van der Waals surface area contributed by atoms with Crippen molar-refractivity contribution in [2.75, 3.05) is 12.5 Å². The molecule has 128 valence electrons. The summed E-state index contributed by atoms with van der Waals surface area (Å²) < 4.78 is 5.04. The maximum atomic E-state index is 10.0. The zero-order chi connectivity index (χ0) is 18.0. The van der Waals surface area contributed by atoms with E-state index in [0.29, 0.717) is 27.5 Å². The molecule has 0 amide bonds. The normalized spacial score (nSPS) is 11.2. The first kappa shape index (κ1) is 17.1. The predicted octanol–water partition coefficient (Wildman–Crippen LogP) is 4.41. The minimum Gasteiger partial charge on any atom is -0.504 e. The molecule has 6 nitrogen and oxygen atoms in total. The van der Waals surface area contributed by atoms with Gasteiger partial charge in [-0.15, -0.1) is 0 Å². The summed E-state index contributed by atoms with van der Waals surface area (Å²) in [6.07, 6.45) is 1.43. The lowest BCUT2D eigenvalue weighted by Gasteiger charge is -2.07. The first-order valence-corrected chi connectivity index (χ1v) is 7.89. The van der Waals surface area contributed by atoms with Crippen LogP contribution < -0.4 is 10.2 Å². The lowest BCUT2D eigenvalue weighted by atomic mass is 10.2. The summed E-state index contributed by atoms with van der Waals surface area (Å²) in [5.74, 6) is 0.555. The summed E-state index contributed by atoms with van der Waals surface area (Å²) in [7, 11) is 1.47. The number of halogens is 2. The van der Waals surface area contributed by atoms with Gasteiger partial charge in [-0.05, 0) is 30.3 Å². The molecular formula is C17H13Cl2N3O3. The zero-order valence-corrected chi connectivity index (χ0v) is 14.5. The molecule has 25 heavy (non-hydrogen) atoms. The number of hydrogen-bond donors (Lipinski definition) is 3. The Kier molecular flexibility index (Phi) is 4.83. The third kappa shape index (κ3) is 3.40. The van der Waals surface area contributed by atoms with Gasteiger partial charge >= 0.3 is 0 Å². The quantitative estimate of drug-likeness (QED) is 0.463. The van der Waals surface area contributed by atoms with Crippen molar-refractivity contribution in [2.45, 2.75) is 0 Å². The average Bonchev–Trinajstić information content (AvgIpc) is 2.61. The van der Waals surface area contributed by atoms with Crippen molar-refractivity contribution in [3.8, 4) is 17.2 Å². The maximum absolute atomic E-state index is 10.0. The van der Waals surface area contributed by atoms with Crippen molar-refractivity contribution in [3.63, 3.8) is 0 Å². The van der Waals surface area contributed by atoms with Gasteiger partial charge in [-0.25, -0.2) is 4.98 Å². The Morgan fingerprint density at radius 1 is 1.12 bits per heavy atom. The second kappa shape index (κ2) is 7.04. The van der Waals surface area contributed by atoms with Crippen LogP contribution in [0.2, 0.25) is 10.0 Å². The van der Waals surface area contributed by atoms with Crippen molar-refractivity contribution >= 4 is 46.1 Å². The van der Waals surface area contributed by atoms with Crippen molar-refractivity contribution < 1.29 is 14.9 Å². The standard InChI is InChI=1S/C17H13Cl2N3O3/c1-25-13-4-2-3-9(16(13)23)8-20-22-14-6-5-10-11(18)7-12(19)17(24)15(10)21-14/h2-8,23-24H,1H3,(H,21,22)/b20-8+. The summed E-state index contributed by atoms with van der Waals surface area (Å²) in [5.41, 5.74) is 3.46. The number of phenols is 2. The number of hydrazone groups is 1. The van der Waals surface area contributed by atoms with Crippen molar-refractivity contribution in [1.29, 1.82) is 0 Å². The molecule has 0 aliphatic rings. The fraction of sp³-hybridized carbons (Fsp3) is 0.0588. The lowest BCUT2D eigenvalue weighted by molar-refractivity contribution is 0.373. The van der Waals surface area contributed by atoms with Gasteiger partial charge in [0.2, 0.25) is 0 Å². The van der Waals surface area contributed by atoms with Crippen molar-refractivity contribution in [1.82, 2.24) is 4.98 Å². The fourth-order valence-corrected chi connectivity index (χ4v) is 2.76. The minimum absolute atomic E-state index is 0.0155. The lowest BCUT2D eigenvalue weighted by Crippen LogP contribution is -1.95. The van der Waals surface area contributed by atoms with Gasteiger partial charge in [-0.1, -0.05) is 29.3 Å². The van der Waals surface area contributed by atoms with E-state index in [1.807, 2.05) is 0 Å². The number of rotatable bonds is 4. The van der Waals surface area contributed by atoms with Gasteiger partial charge in [0.05, 0.1) is 23.4 Å². The molecule has 3 aromatic rings.